The highest BCUT2D eigenvalue weighted by Gasteiger charge is 2.42. The van der Waals surface area contributed by atoms with Crippen molar-refractivity contribution in [2.75, 3.05) is 18.1 Å². The fraction of sp³-hybridized carbons (Fsp3) is 0.333. The molecular formula is C24H23BrF3NO3. The van der Waals surface area contributed by atoms with Gasteiger partial charge in [0.2, 0.25) is 0 Å². The van der Waals surface area contributed by atoms with Crippen molar-refractivity contribution in [3.63, 3.8) is 0 Å². The van der Waals surface area contributed by atoms with E-state index in [-0.39, 0.29) is 24.6 Å². The minimum atomic E-state index is -4.51. The summed E-state index contributed by atoms with van der Waals surface area (Å²) in [5.74, 6) is -2.08. The second-order valence-electron chi connectivity index (χ2n) is 7.60. The molecule has 0 spiro atoms. The molecule has 1 heterocycles. The molecular weight excluding hydrogens is 487 g/mol. The van der Waals surface area contributed by atoms with Crippen LogP contribution in [0.4, 0.5) is 18.9 Å². The van der Waals surface area contributed by atoms with E-state index in [1.807, 2.05) is 24.3 Å². The number of Topliss-reactive ketones (excluding diaryl/α,β-unsaturated/α-hetero) is 1. The molecule has 2 unspecified atom stereocenters. The smallest absolute Gasteiger partial charge is 0.416 e. The van der Waals surface area contributed by atoms with E-state index in [0.717, 1.165) is 22.2 Å². The second-order valence-corrected chi connectivity index (χ2v) is 8.52. The van der Waals surface area contributed by atoms with Gasteiger partial charge >= 0.3 is 12.1 Å². The van der Waals surface area contributed by atoms with Gasteiger partial charge in [0.05, 0.1) is 18.1 Å². The molecule has 3 rings (SSSR count). The molecule has 0 fully saturated rings. The number of esters is 1. The Kier molecular flexibility index (Phi) is 7.12. The second kappa shape index (κ2) is 9.48. The Labute approximate surface area is 193 Å². The number of rotatable bonds is 5. The van der Waals surface area contributed by atoms with Crippen LogP contribution >= 0.6 is 15.9 Å². The number of ether oxygens (including phenoxy) is 1. The molecule has 32 heavy (non-hydrogen) atoms. The summed E-state index contributed by atoms with van der Waals surface area (Å²) in [6, 6.07) is 12.2. The highest BCUT2D eigenvalue weighted by Crippen LogP contribution is 2.43. The van der Waals surface area contributed by atoms with Crippen molar-refractivity contribution in [1.29, 1.82) is 0 Å². The van der Waals surface area contributed by atoms with Crippen molar-refractivity contribution in [2.45, 2.75) is 32.9 Å². The van der Waals surface area contributed by atoms with Gasteiger partial charge in [-0.05, 0) is 56.7 Å². The number of ketones is 1. The molecule has 8 heteroatoms. The Hall–Kier alpha value is -2.61. The van der Waals surface area contributed by atoms with E-state index >= 15 is 0 Å². The number of anilines is 1. The number of alkyl halides is 3. The van der Waals surface area contributed by atoms with Crippen LogP contribution < -0.4 is 4.90 Å². The third-order valence-corrected chi connectivity index (χ3v) is 6.10. The van der Waals surface area contributed by atoms with Gasteiger partial charge in [0.1, 0.15) is 0 Å². The van der Waals surface area contributed by atoms with Crippen molar-refractivity contribution in [3.8, 4) is 0 Å². The lowest BCUT2D eigenvalue weighted by molar-refractivity contribution is -0.148. The van der Waals surface area contributed by atoms with E-state index in [1.165, 1.54) is 13.0 Å². The molecule has 2 aromatic rings. The Morgan fingerprint density at radius 2 is 1.81 bits per heavy atom. The first-order valence-corrected chi connectivity index (χ1v) is 10.9. The summed E-state index contributed by atoms with van der Waals surface area (Å²) in [4.78, 5) is 27.3. The highest BCUT2D eigenvalue weighted by molar-refractivity contribution is 9.10. The Morgan fingerprint density at radius 1 is 1.16 bits per heavy atom. The Morgan fingerprint density at radius 3 is 2.38 bits per heavy atom. The molecule has 0 radical (unpaired) electrons. The summed E-state index contributed by atoms with van der Waals surface area (Å²) in [7, 11) is 0. The zero-order valence-corrected chi connectivity index (χ0v) is 19.5. The highest BCUT2D eigenvalue weighted by atomic mass is 79.9. The summed E-state index contributed by atoms with van der Waals surface area (Å²) >= 11 is 3.39. The van der Waals surface area contributed by atoms with Crippen molar-refractivity contribution in [2.24, 2.45) is 5.92 Å². The van der Waals surface area contributed by atoms with E-state index in [2.05, 4.69) is 15.9 Å². The maximum absolute atomic E-state index is 13.3. The van der Waals surface area contributed by atoms with Crippen molar-refractivity contribution >= 4 is 33.4 Å². The molecule has 0 saturated carbocycles. The standard InChI is InChI=1S/C24H23BrF3NO3/c1-4-32-23(31)20-13-29(19-7-5-6-17(12-19)24(26,27)28)14(2)21(15(3)30)22(20)16-8-10-18(25)11-9-16/h5-12,20,22H,4,13H2,1-3H3. The predicted molar refractivity (Wildman–Crippen MR) is 119 cm³/mol. The van der Waals surface area contributed by atoms with Crippen LogP contribution in [0.15, 0.2) is 64.3 Å². The van der Waals surface area contributed by atoms with Gasteiger partial charge in [0.25, 0.3) is 0 Å². The fourth-order valence-corrected chi connectivity index (χ4v) is 4.43. The third-order valence-electron chi connectivity index (χ3n) is 5.57. The van der Waals surface area contributed by atoms with Crippen LogP contribution in [-0.4, -0.2) is 24.9 Å². The zero-order valence-electron chi connectivity index (χ0n) is 17.9. The van der Waals surface area contributed by atoms with Crippen molar-refractivity contribution < 1.29 is 27.5 Å². The van der Waals surface area contributed by atoms with E-state index in [1.54, 1.807) is 24.8 Å². The topological polar surface area (TPSA) is 46.6 Å². The lowest BCUT2D eigenvalue weighted by atomic mass is 9.75. The molecule has 0 aromatic heterocycles. The molecule has 0 aliphatic carbocycles. The van der Waals surface area contributed by atoms with Crippen LogP contribution in [0.2, 0.25) is 0 Å². The average molecular weight is 510 g/mol. The number of benzene rings is 2. The first kappa shape index (κ1) is 24.0. The molecule has 4 nitrogen and oxygen atoms in total. The van der Waals surface area contributed by atoms with Crippen LogP contribution in [0.3, 0.4) is 0 Å². The van der Waals surface area contributed by atoms with Gasteiger partial charge in [-0.3, -0.25) is 9.59 Å². The first-order valence-electron chi connectivity index (χ1n) is 10.1. The zero-order chi connectivity index (χ0) is 23.6. The van der Waals surface area contributed by atoms with Gasteiger partial charge in [0.15, 0.2) is 5.78 Å². The normalized spacial score (nSPS) is 19.2. The molecule has 1 aliphatic rings. The first-order chi connectivity index (χ1) is 15.0. The number of allylic oxidation sites excluding steroid dienone is 2. The lowest BCUT2D eigenvalue weighted by Gasteiger charge is -2.40. The maximum Gasteiger partial charge on any atom is 0.416 e. The van der Waals surface area contributed by atoms with Gasteiger partial charge in [0, 0.05) is 33.9 Å². The summed E-state index contributed by atoms with van der Waals surface area (Å²) < 4.78 is 46.0. The molecule has 170 valence electrons. The lowest BCUT2D eigenvalue weighted by Crippen LogP contribution is -2.43. The summed E-state index contributed by atoms with van der Waals surface area (Å²) in [5, 5.41) is 0. The van der Waals surface area contributed by atoms with Gasteiger partial charge in [-0.25, -0.2) is 0 Å². The quantitative estimate of drug-likeness (QED) is 0.456. The summed E-state index contributed by atoms with van der Waals surface area (Å²) in [6.07, 6.45) is -4.51. The average Bonchev–Trinajstić information content (AvgIpc) is 2.73. The minimum absolute atomic E-state index is 0.0868. The van der Waals surface area contributed by atoms with Crippen LogP contribution in [-0.2, 0) is 20.5 Å². The summed E-state index contributed by atoms with van der Waals surface area (Å²) in [6.45, 7) is 5.03. The Bertz CT molecular complexity index is 1050. The number of carbonyl (C=O) groups excluding carboxylic acids is 2. The molecule has 0 amide bonds. The van der Waals surface area contributed by atoms with E-state index < -0.39 is 29.5 Å². The number of hydrogen-bond donors (Lipinski definition) is 0. The molecule has 0 N–H and O–H groups in total. The van der Waals surface area contributed by atoms with Crippen molar-refractivity contribution in [3.05, 3.63) is 75.4 Å². The fourth-order valence-electron chi connectivity index (χ4n) is 4.16. The SMILES string of the molecule is CCOC(=O)C1CN(c2cccc(C(F)(F)F)c2)C(C)=C(C(C)=O)C1c1ccc(Br)cc1. The number of carbonyl (C=O) groups is 2. The number of hydrogen-bond acceptors (Lipinski definition) is 4. The monoisotopic (exact) mass is 509 g/mol. The Balaban J connectivity index is 2.19. The third kappa shape index (κ3) is 4.90. The van der Waals surface area contributed by atoms with E-state index in [9.17, 15) is 22.8 Å². The molecule has 2 atom stereocenters. The minimum Gasteiger partial charge on any atom is -0.466 e. The number of nitrogens with zero attached hydrogens (tertiary/aromatic N) is 1. The van der Waals surface area contributed by atoms with Gasteiger partial charge < -0.3 is 9.64 Å². The predicted octanol–water partition coefficient (Wildman–Crippen LogP) is 6.11. The molecule has 0 saturated heterocycles. The number of halogens is 4. The largest absolute Gasteiger partial charge is 0.466 e. The van der Waals surface area contributed by atoms with Crippen molar-refractivity contribution in [1.82, 2.24) is 0 Å². The molecule has 1 aliphatic heterocycles. The van der Waals surface area contributed by atoms with Gasteiger partial charge in [-0.2, -0.15) is 13.2 Å². The van der Waals surface area contributed by atoms with E-state index in [0.29, 0.717) is 11.3 Å². The molecule has 0 bridgehead atoms. The molecule has 2 aromatic carbocycles. The maximum atomic E-state index is 13.3. The van der Waals surface area contributed by atoms with Crippen LogP contribution in [0.25, 0.3) is 0 Å². The van der Waals surface area contributed by atoms with E-state index in [4.69, 9.17) is 4.74 Å². The summed E-state index contributed by atoms with van der Waals surface area (Å²) in [5.41, 5.74) is 1.13. The van der Waals surface area contributed by atoms with Crippen LogP contribution in [0, 0.1) is 5.92 Å². The van der Waals surface area contributed by atoms with Crippen LogP contribution in [0.5, 0.6) is 0 Å². The van der Waals surface area contributed by atoms with Crippen LogP contribution in [0.1, 0.15) is 37.8 Å². The van der Waals surface area contributed by atoms with Gasteiger partial charge in [-0.1, -0.05) is 34.1 Å². The van der Waals surface area contributed by atoms with Gasteiger partial charge in [-0.15, -0.1) is 0 Å².